The molecular weight excluding hydrogens is 584 g/mol. The molecule has 0 amide bonds. The molecule has 1 atom stereocenters. The summed E-state index contributed by atoms with van der Waals surface area (Å²) in [7, 11) is 0. The number of morpholine rings is 1. The third-order valence-electron chi connectivity index (χ3n) is 7.98. The van der Waals surface area contributed by atoms with Crippen molar-refractivity contribution in [3.05, 3.63) is 54.5 Å². The van der Waals surface area contributed by atoms with Crippen LogP contribution >= 0.6 is 11.6 Å². The maximum atomic E-state index is 9.11. The standard InChI is InChI=1S/C30H35ClN10O3/c1-21(17-40-20-33-19-36-40)44-28-14-22(2-7-26(28)31)23-15-34-30(35-16-23)37-27-18-41(38-29(27)43-11-8-32)25-5-3-24(4-6-25)39-9-12-42-13-10-39/h2,7,14-16,18-21,24-25H,3-6,9-13,17H2,1H3,(H,34,35,37)/t21-,24-,25-/m0/s1. The molecule has 2 aliphatic rings. The zero-order chi connectivity index (χ0) is 30.3. The van der Waals surface area contributed by atoms with Gasteiger partial charge in [0.1, 0.15) is 36.3 Å². The van der Waals surface area contributed by atoms with E-state index in [0.29, 0.717) is 40.9 Å². The monoisotopic (exact) mass is 618 g/mol. The molecule has 1 saturated heterocycles. The number of hydrogen-bond acceptors (Lipinski definition) is 11. The number of halogens is 1. The van der Waals surface area contributed by atoms with Crippen LogP contribution in [0.1, 0.15) is 38.6 Å². The first-order chi connectivity index (χ1) is 21.6. The number of hydrogen-bond donors (Lipinski definition) is 1. The average molecular weight is 619 g/mol. The minimum atomic E-state index is -0.176. The Balaban J connectivity index is 1.11. The quantitative estimate of drug-likeness (QED) is 0.254. The van der Waals surface area contributed by atoms with E-state index in [0.717, 1.165) is 63.1 Å². The molecule has 4 heterocycles. The lowest BCUT2D eigenvalue weighted by Gasteiger charge is -2.38. The smallest absolute Gasteiger partial charge is 0.257 e. The molecule has 0 bridgehead atoms. The van der Waals surface area contributed by atoms with E-state index in [1.54, 1.807) is 29.5 Å². The maximum Gasteiger partial charge on any atom is 0.257 e. The molecule has 14 heteroatoms. The summed E-state index contributed by atoms with van der Waals surface area (Å²) in [5.74, 6) is 1.30. The fourth-order valence-electron chi connectivity index (χ4n) is 5.77. The molecule has 1 aliphatic heterocycles. The third kappa shape index (κ3) is 7.27. The van der Waals surface area contributed by atoms with Gasteiger partial charge in [-0.05, 0) is 50.3 Å². The van der Waals surface area contributed by atoms with E-state index in [2.05, 4.69) is 30.3 Å². The van der Waals surface area contributed by atoms with Crippen LogP contribution in [0.25, 0.3) is 11.1 Å². The van der Waals surface area contributed by atoms with Gasteiger partial charge >= 0.3 is 0 Å². The van der Waals surface area contributed by atoms with Crippen molar-refractivity contribution < 1.29 is 14.2 Å². The molecular formula is C30H35ClN10O3. The summed E-state index contributed by atoms with van der Waals surface area (Å²) in [6.45, 7) is 6.03. The van der Waals surface area contributed by atoms with Crippen molar-refractivity contribution in [1.29, 1.82) is 5.26 Å². The second-order valence-corrected chi connectivity index (χ2v) is 11.4. The zero-order valence-corrected chi connectivity index (χ0v) is 25.3. The van der Waals surface area contributed by atoms with Gasteiger partial charge < -0.3 is 19.5 Å². The van der Waals surface area contributed by atoms with Gasteiger partial charge in [0.2, 0.25) is 5.95 Å². The van der Waals surface area contributed by atoms with E-state index in [9.17, 15) is 0 Å². The lowest BCUT2D eigenvalue weighted by atomic mass is 9.90. The fraction of sp³-hybridized carbons (Fsp3) is 0.467. The summed E-state index contributed by atoms with van der Waals surface area (Å²) >= 11 is 6.43. The van der Waals surface area contributed by atoms with Crippen molar-refractivity contribution in [2.24, 2.45) is 0 Å². The molecule has 230 valence electrons. The molecule has 6 rings (SSSR count). The Morgan fingerprint density at radius 3 is 2.61 bits per heavy atom. The van der Waals surface area contributed by atoms with Gasteiger partial charge in [-0.15, -0.1) is 5.10 Å². The molecule has 44 heavy (non-hydrogen) atoms. The molecule has 0 unspecified atom stereocenters. The van der Waals surface area contributed by atoms with Crippen LogP contribution in [0.4, 0.5) is 11.6 Å². The summed E-state index contributed by atoms with van der Waals surface area (Å²) in [6.07, 6.45) is 12.6. The molecule has 13 nitrogen and oxygen atoms in total. The van der Waals surface area contributed by atoms with Gasteiger partial charge in [-0.3, -0.25) is 9.58 Å². The topological polar surface area (TPSA) is 141 Å². The van der Waals surface area contributed by atoms with Crippen molar-refractivity contribution >= 4 is 23.2 Å². The summed E-state index contributed by atoms with van der Waals surface area (Å²) in [4.78, 5) is 15.6. The fourth-order valence-corrected chi connectivity index (χ4v) is 5.93. The van der Waals surface area contributed by atoms with Crippen LogP contribution in [0.3, 0.4) is 0 Å². The Labute approximate surface area is 260 Å². The van der Waals surface area contributed by atoms with Gasteiger partial charge in [0.05, 0.1) is 37.0 Å². The lowest BCUT2D eigenvalue weighted by Crippen LogP contribution is -2.45. The van der Waals surface area contributed by atoms with Crippen LogP contribution < -0.4 is 14.8 Å². The van der Waals surface area contributed by atoms with Crippen LogP contribution in [0.15, 0.2) is 49.4 Å². The largest absolute Gasteiger partial charge is 0.487 e. The van der Waals surface area contributed by atoms with Crippen molar-refractivity contribution in [2.75, 3.05) is 38.2 Å². The predicted molar refractivity (Wildman–Crippen MR) is 163 cm³/mol. The van der Waals surface area contributed by atoms with E-state index in [4.69, 9.17) is 36.2 Å². The van der Waals surface area contributed by atoms with Crippen molar-refractivity contribution in [1.82, 2.24) is 39.4 Å². The van der Waals surface area contributed by atoms with Crippen LogP contribution in [-0.4, -0.2) is 84.5 Å². The molecule has 1 saturated carbocycles. The first-order valence-corrected chi connectivity index (χ1v) is 15.2. The minimum absolute atomic E-state index is 0.103. The molecule has 4 aromatic rings. The van der Waals surface area contributed by atoms with Gasteiger partial charge in [-0.1, -0.05) is 17.7 Å². The predicted octanol–water partition coefficient (Wildman–Crippen LogP) is 4.51. The van der Waals surface area contributed by atoms with Gasteiger partial charge in [-0.25, -0.2) is 19.6 Å². The van der Waals surface area contributed by atoms with E-state index in [-0.39, 0.29) is 18.8 Å². The van der Waals surface area contributed by atoms with Gasteiger partial charge in [0, 0.05) is 37.1 Å². The van der Waals surface area contributed by atoms with E-state index in [1.807, 2.05) is 36.0 Å². The first-order valence-electron chi connectivity index (χ1n) is 14.8. The molecule has 1 aromatic carbocycles. The maximum absolute atomic E-state index is 9.11. The molecule has 0 radical (unpaired) electrons. The van der Waals surface area contributed by atoms with Crippen LogP contribution in [0.5, 0.6) is 11.6 Å². The van der Waals surface area contributed by atoms with Crippen LogP contribution in [0, 0.1) is 11.3 Å². The van der Waals surface area contributed by atoms with E-state index < -0.39 is 0 Å². The average Bonchev–Trinajstić information content (AvgIpc) is 3.72. The Morgan fingerprint density at radius 1 is 1.11 bits per heavy atom. The van der Waals surface area contributed by atoms with Gasteiger partial charge in [-0.2, -0.15) is 10.4 Å². The summed E-state index contributed by atoms with van der Waals surface area (Å²) in [5.41, 5.74) is 2.28. The highest BCUT2D eigenvalue weighted by molar-refractivity contribution is 6.32. The van der Waals surface area contributed by atoms with Crippen LogP contribution in [-0.2, 0) is 11.3 Å². The highest BCUT2D eigenvalue weighted by Gasteiger charge is 2.29. The summed E-state index contributed by atoms with van der Waals surface area (Å²) in [6, 6.07) is 8.44. The van der Waals surface area contributed by atoms with Crippen LogP contribution in [0.2, 0.25) is 5.02 Å². The number of anilines is 2. The summed E-state index contributed by atoms with van der Waals surface area (Å²) < 4.78 is 20.9. The highest BCUT2D eigenvalue weighted by atomic mass is 35.5. The van der Waals surface area contributed by atoms with Gasteiger partial charge in [0.25, 0.3) is 5.88 Å². The number of nitrogens with one attached hydrogen (secondary N) is 1. The van der Waals surface area contributed by atoms with Gasteiger partial charge in [0.15, 0.2) is 6.61 Å². The van der Waals surface area contributed by atoms with E-state index in [1.165, 1.54) is 6.33 Å². The first kappa shape index (κ1) is 29.8. The molecule has 1 aliphatic carbocycles. The number of aromatic nitrogens is 7. The SMILES string of the molecule is C[C@@H](Cn1cncn1)Oc1cc(-c2cnc(Nc3cn([C@H]4CC[C@H](N5CCOCC5)CC4)nc3OCC#N)nc2)ccc1Cl. The number of nitrogens with zero attached hydrogens (tertiary/aromatic N) is 9. The molecule has 1 N–H and O–H groups in total. The Morgan fingerprint density at radius 2 is 1.89 bits per heavy atom. The minimum Gasteiger partial charge on any atom is -0.487 e. The summed E-state index contributed by atoms with van der Waals surface area (Å²) in [5, 5.41) is 21.7. The molecule has 2 fully saturated rings. The lowest BCUT2D eigenvalue weighted by molar-refractivity contribution is 0.00503. The second kappa shape index (κ2) is 14.0. The zero-order valence-electron chi connectivity index (χ0n) is 24.5. The third-order valence-corrected chi connectivity index (χ3v) is 8.29. The Hall–Kier alpha value is -4.25. The Kier molecular flexibility index (Phi) is 9.50. The highest BCUT2D eigenvalue weighted by Crippen LogP contribution is 2.35. The van der Waals surface area contributed by atoms with Crippen molar-refractivity contribution in [3.8, 4) is 28.8 Å². The van der Waals surface area contributed by atoms with Crippen molar-refractivity contribution in [3.63, 3.8) is 0 Å². The Bertz CT molecular complexity index is 1540. The van der Waals surface area contributed by atoms with Crippen molar-refractivity contribution in [2.45, 2.75) is 57.3 Å². The molecule has 3 aromatic heterocycles. The number of ether oxygens (including phenoxy) is 3. The number of benzene rings is 1. The normalized spacial score (nSPS) is 19.7. The number of rotatable bonds is 11. The number of nitriles is 1. The molecule has 0 spiro atoms. The second-order valence-electron chi connectivity index (χ2n) is 11.0. The van der Waals surface area contributed by atoms with E-state index >= 15 is 0 Å².